The van der Waals surface area contributed by atoms with Crippen LogP contribution in [-0.4, -0.2) is 68.4 Å². The minimum Gasteiger partial charge on any atom is -0.339 e. The number of likely N-dealkylation sites (N-methyl/N-ethyl adjacent to an activating group) is 1. The standard InChI is InChI=1S/C14H26N2O3S/c1-11-9-16(10-12(11)15(2)3)13(17)14(20(4,18)19)7-5-6-8-14/h11-12H,5-10H2,1-4H3/t11-,12+/m0/s1. The molecule has 0 bridgehead atoms. The summed E-state index contributed by atoms with van der Waals surface area (Å²) in [5.74, 6) is 0.223. The van der Waals surface area contributed by atoms with Gasteiger partial charge in [0.1, 0.15) is 0 Å². The maximum atomic E-state index is 12.9. The molecule has 5 nitrogen and oxygen atoms in total. The van der Waals surface area contributed by atoms with Crippen molar-refractivity contribution in [2.24, 2.45) is 5.92 Å². The third-order valence-electron chi connectivity index (χ3n) is 5.03. The van der Waals surface area contributed by atoms with Crippen LogP contribution in [0.4, 0.5) is 0 Å². The van der Waals surface area contributed by atoms with Gasteiger partial charge in [0.25, 0.3) is 0 Å². The average molecular weight is 302 g/mol. The fourth-order valence-electron chi connectivity index (χ4n) is 3.77. The number of amides is 1. The molecular formula is C14H26N2O3S. The monoisotopic (exact) mass is 302 g/mol. The van der Waals surface area contributed by atoms with Crippen LogP contribution < -0.4 is 0 Å². The first kappa shape index (κ1) is 15.8. The minimum absolute atomic E-state index is 0.159. The van der Waals surface area contributed by atoms with Crippen LogP contribution in [0.2, 0.25) is 0 Å². The molecule has 0 aromatic heterocycles. The van der Waals surface area contributed by atoms with Crippen LogP contribution in [0.25, 0.3) is 0 Å². The lowest BCUT2D eigenvalue weighted by Crippen LogP contribution is -2.51. The molecule has 1 saturated carbocycles. The first-order chi connectivity index (χ1) is 9.19. The van der Waals surface area contributed by atoms with Crippen LogP contribution in [0.15, 0.2) is 0 Å². The molecule has 1 aliphatic carbocycles. The van der Waals surface area contributed by atoms with Crippen molar-refractivity contribution in [2.75, 3.05) is 33.4 Å². The second kappa shape index (κ2) is 5.30. The molecule has 0 N–H and O–H groups in total. The Bertz CT molecular complexity index is 481. The van der Waals surface area contributed by atoms with Crippen molar-refractivity contribution in [3.05, 3.63) is 0 Å². The second-order valence-electron chi connectivity index (χ2n) is 6.69. The highest BCUT2D eigenvalue weighted by atomic mass is 32.2. The molecule has 6 heteroatoms. The Morgan fingerprint density at radius 2 is 1.75 bits per heavy atom. The van der Waals surface area contributed by atoms with Crippen LogP contribution in [0.3, 0.4) is 0 Å². The van der Waals surface area contributed by atoms with Gasteiger partial charge in [0, 0.05) is 25.4 Å². The van der Waals surface area contributed by atoms with Gasteiger partial charge in [0.15, 0.2) is 14.6 Å². The Morgan fingerprint density at radius 3 is 2.15 bits per heavy atom. The summed E-state index contributed by atoms with van der Waals surface area (Å²) in [6, 6.07) is 0.317. The van der Waals surface area contributed by atoms with Gasteiger partial charge in [-0.3, -0.25) is 4.79 Å². The van der Waals surface area contributed by atoms with E-state index in [4.69, 9.17) is 0 Å². The molecule has 2 atom stereocenters. The van der Waals surface area contributed by atoms with E-state index in [0.29, 0.717) is 37.9 Å². The molecule has 0 aromatic rings. The van der Waals surface area contributed by atoms with Crippen LogP contribution >= 0.6 is 0 Å². The lowest BCUT2D eigenvalue weighted by molar-refractivity contribution is -0.133. The van der Waals surface area contributed by atoms with E-state index >= 15 is 0 Å². The Kier molecular flexibility index (Phi) is 4.17. The molecule has 0 unspecified atom stereocenters. The van der Waals surface area contributed by atoms with E-state index in [1.165, 1.54) is 6.26 Å². The van der Waals surface area contributed by atoms with Crippen molar-refractivity contribution in [1.82, 2.24) is 9.80 Å². The summed E-state index contributed by atoms with van der Waals surface area (Å²) >= 11 is 0. The zero-order chi connectivity index (χ0) is 15.1. The first-order valence-corrected chi connectivity index (χ1v) is 9.23. The van der Waals surface area contributed by atoms with Gasteiger partial charge in [-0.2, -0.15) is 0 Å². The van der Waals surface area contributed by atoms with Crippen molar-refractivity contribution < 1.29 is 13.2 Å². The van der Waals surface area contributed by atoms with Crippen molar-refractivity contribution in [1.29, 1.82) is 0 Å². The molecule has 1 saturated heterocycles. The molecule has 1 aliphatic heterocycles. The van der Waals surface area contributed by atoms with E-state index < -0.39 is 14.6 Å². The van der Waals surface area contributed by atoms with E-state index in [2.05, 4.69) is 11.8 Å². The fraction of sp³-hybridized carbons (Fsp3) is 0.929. The third-order valence-corrected chi connectivity index (χ3v) is 7.04. The van der Waals surface area contributed by atoms with Gasteiger partial charge in [0.2, 0.25) is 5.91 Å². The number of hydrogen-bond acceptors (Lipinski definition) is 4. The van der Waals surface area contributed by atoms with Crippen molar-refractivity contribution >= 4 is 15.7 Å². The average Bonchev–Trinajstić information content (AvgIpc) is 2.93. The van der Waals surface area contributed by atoms with Crippen LogP contribution in [0.5, 0.6) is 0 Å². The topological polar surface area (TPSA) is 57.7 Å². The van der Waals surface area contributed by atoms with Crippen LogP contribution in [-0.2, 0) is 14.6 Å². The summed E-state index contributed by atoms with van der Waals surface area (Å²) in [7, 11) is 0.661. The van der Waals surface area contributed by atoms with E-state index in [9.17, 15) is 13.2 Å². The van der Waals surface area contributed by atoms with Gasteiger partial charge in [-0.05, 0) is 32.9 Å². The summed E-state index contributed by atoms with van der Waals surface area (Å²) in [4.78, 5) is 16.8. The second-order valence-corrected chi connectivity index (χ2v) is 9.02. The van der Waals surface area contributed by atoms with Crippen LogP contribution in [0, 0.1) is 5.92 Å². The summed E-state index contributed by atoms with van der Waals surface area (Å²) in [6.07, 6.45) is 3.86. The Labute approximate surface area is 122 Å². The molecule has 2 rings (SSSR count). The summed E-state index contributed by atoms with van der Waals surface area (Å²) in [5, 5.41) is 0. The zero-order valence-corrected chi connectivity index (χ0v) is 13.7. The number of carbonyl (C=O) groups excluding carboxylic acids is 1. The predicted molar refractivity (Wildman–Crippen MR) is 79.3 cm³/mol. The van der Waals surface area contributed by atoms with Crippen LogP contribution in [0.1, 0.15) is 32.6 Å². The predicted octanol–water partition coefficient (Wildman–Crippen LogP) is 0.752. The van der Waals surface area contributed by atoms with E-state index in [0.717, 1.165) is 12.8 Å². The van der Waals surface area contributed by atoms with Gasteiger partial charge in [-0.25, -0.2) is 8.42 Å². The highest BCUT2D eigenvalue weighted by Crippen LogP contribution is 2.39. The molecule has 0 radical (unpaired) electrons. The lowest BCUT2D eigenvalue weighted by Gasteiger charge is -2.31. The normalized spacial score (nSPS) is 30.1. The zero-order valence-electron chi connectivity index (χ0n) is 12.9. The van der Waals surface area contributed by atoms with Gasteiger partial charge >= 0.3 is 0 Å². The number of hydrogen-bond donors (Lipinski definition) is 0. The molecule has 2 fully saturated rings. The highest BCUT2D eigenvalue weighted by Gasteiger charge is 2.53. The van der Waals surface area contributed by atoms with Gasteiger partial charge in [-0.15, -0.1) is 0 Å². The summed E-state index contributed by atoms with van der Waals surface area (Å²) in [5.41, 5.74) is 0. The molecule has 1 amide bonds. The molecule has 116 valence electrons. The molecule has 1 heterocycles. The summed E-state index contributed by atoms with van der Waals surface area (Å²) in [6.45, 7) is 3.43. The molecule has 0 aromatic carbocycles. The number of sulfone groups is 1. The summed E-state index contributed by atoms with van der Waals surface area (Å²) < 4.78 is 23.2. The van der Waals surface area contributed by atoms with Crippen molar-refractivity contribution in [2.45, 2.75) is 43.4 Å². The quantitative estimate of drug-likeness (QED) is 0.772. The maximum Gasteiger partial charge on any atom is 0.244 e. The Morgan fingerprint density at radius 1 is 1.20 bits per heavy atom. The van der Waals surface area contributed by atoms with Gasteiger partial charge in [-0.1, -0.05) is 19.8 Å². The highest BCUT2D eigenvalue weighted by molar-refractivity contribution is 7.92. The first-order valence-electron chi connectivity index (χ1n) is 7.34. The van der Waals surface area contributed by atoms with Crippen molar-refractivity contribution in [3.63, 3.8) is 0 Å². The smallest absolute Gasteiger partial charge is 0.244 e. The molecular weight excluding hydrogens is 276 g/mol. The SMILES string of the molecule is C[C@H]1CN(C(=O)C2(S(C)(=O)=O)CCCC2)C[C@H]1N(C)C. The minimum atomic E-state index is -3.36. The number of likely N-dealkylation sites (tertiary alicyclic amines) is 1. The van der Waals surface area contributed by atoms with E-state index in [-0.39, 0.29) is 5.91 Å². The third kappa shape index (κ3) is 2.48. The van der Waals surface area contributed by atoms with E-state index in [1.54, 1.807) is 4.90 Å². The number of rotatable bonds is 3. The van der Waals surface area contributed by atoms with E-state index in [1.807, 2.05) is 14.1 Å². The van der Waals surface area contributed by atoms with Gasteiger partial charge in [0.05, 0.1) is 0 Å². The largest absolute Gasteiger partial charge is 0.339 e. The number of carbonyl (C=O) groups is 1. The Balaban J connectivity index is 2.23. The van der Waals surface area contributed by atoms with Crippen molar-refractivity contribution in [3.8, 4) is 0 Å². The van der Waals surface area contributed by atoms with Gasteiger partial charge < -0.3 is 9.80 Å². The Hall–Kier alpha value is -0.620. The molecule has 20 heavy (non-hydrogen) atoms. The lowest BCUT2D eigenvalue weighted by atomic mass is 10.1. The molecule has 0 spiro atoms. The maximum absolute atomic E-state index is 12.9. The molecule has 2 aliphatic rings. The fourth-order valence-corrected chi connectivity index (χ4v) is 5.24. The number of nitrogens with zero attached hydrogens (tertiary/aromatic N) is 2.